The molecule has 1 N–H and O–H groups in total. The van der Waals surface area contributed by atoms with Gasteiger partial charge in [0, 0.05) is 0 Å². The van der Waals surface area contributed by atoms with Crippen LogP contribution in [-0.4, -0.2) is 46.2 Å². The molecule has 0 saturated carbocycles. The van der Waals surface area contributed by atoms with Gasteiger partial charge in [0.25, 0.3) is 0 Å². The van der Waals surface area contributed by atoms with Crippen molar-refractivity contribution in [3.63, 3.8) is 0 Å². The van der Waals surface area contributed by atoms with Crippen LogP contribution in [0.5, 0.6) is 0 Å². The molecular formula is C16H22N2O4. The number of ether oxygens (including phenoxy) is 1. The maximum atomic E-state index is 12.7. The zero-order valence-electron chi connectivity index (χ0n) is 13.6. The highest BCUT2D eigenvalue weighted by atomic mass is 16.5. The fraction of sp³-hybridized carbons (Fsp3) is 0.562. The van der Waals surface area contributed by atoms with Crippen molar-refractivity contribution >= 4 is 11.9 Å². The summed E-state index contributed by atoms with van der Waals surface area (Å²) in [5, 5.41) is 10.4. The lowest BCUT2D eigenvalue weighted by Gasteiger charge is -2.52. The molecule has 22 heavy (non-hydrogen) atoms. The van der Waals surface area contributed by atoms with Crippen LogP contribution in [0.15, 0.2) is 23.9 Å². The maximum absolute atomic E-state index is 12.7. The van der Waals surface area contributed by atoms with Crippen LogP contribution in [0.2, 0.25) is 0 Å². The van der Waals surface area contributed by atoms with Gasteiger partial charge < -0.3 is 9.84 Å². The third-order valence-electron chi connectivity index (χ3n) is 3.93. The predicted octanol–water partition coefficient (Wildman–Crippen LogP) is 1.67. The number of esters is 1. The lowest BCUT2D eigenvalue weighted by molar-refractivity contribution is -0.171. The maximum Gasteiger partial charge on any atom is 0.357 e. The van der Waals surface area contributed by atoms with Gasteiger partial charge in [0.2, 0.25) is 0 Å². The Balaban J connectivity index is 3.46. The number of hydrogen-bond donors (Lipinski definition) is 1. The molecule has 1 aliphatic rings. The molecule has 0 aromatic carbocycles. The van der Waals surface area contributed by atoms with Crippen LogP contribution in [0, 0.1) is 6.57 Å². The van der Waals surface area contributed by atoms with Crippen LogP contribution in [0.1, 0.15) is 34.1 Å². The fourth-order valence-electron chi connectivity index (χ4n) is 2.85. The second kappa shape index (κ2) is 5.93. The van der Waals surface area contributed by atoms with Crippen molar-refractivity contribution in [3.05, 3.63) is 35.3 Å². The minimum Gasteiger partial charge on any atom is -0.464 e. The molecule has 1 heterocycles. The van der Waals surface area contributed by atoms with Gasteiger partial charge in [-0.3, -0.25) is 14.5 Å². The Bertz CT molecular complexity index is 576. The first-order chi connectivity index (χ1) is 10.1. The fourth-order valence-corrected chi connectivity index (χ4v) is 2.85. The number of nitrogens with zero attached hydrogens (tertiary/aromatic N) is 2. The van der Waals surface area contributed by atoms with E-state index in [-0.39, 0.29) is 12.1 Å². The summed E-state index contributed by atoms with van der Waals surface area (Å²) in [7, 11) is 1.23. The summed E-state index contributed by atoms with van der Waals surface area (Å²) in [5.74, 6) is -1.24. The lowest BCUT2D eigenvalue weighted by atomic mass is 9.67. The zero-order chi connectivity index (χ0) is 17.3. The molecule has 0 unspecified atom stereocenters. The molecule has 0 aromatic heterocycles. The number of carbonyl (C=O) groups excluding carboxylic acids is 2. The Labute approximate surface area is 130 Å². The summed E-state index contributed by atoms with van der Waals surface area (Å²) >= 11 is 0. The third-order valence-corrected chi connectivity index (χ3v) is 3.93. The monoisotopic (exact) mass is 306 g/mol. The van der Waals surface area contributed by atoms with Gasteiger partial charge in [-0.05, 0) is 39.7 Å². The second-order valence-corrected chi connectivity index (χ2v) is 5.99. The van der Waals surface area contributed by atoms with Crippen LogP contribution in [0.4, 0.5) is 0 Å². The van der Waals surface area contributed by atoms with Crippen LogP contribution >= 0.6 is 0 Å². The van der Waals surface area contributed by atoms with Crippen molar-refractivity contribution in [3.8, 4) is 0 Å². The Kier molecular flexibility index (Phi) is 4.83. The molecule has 1 rings (SSSR count). The van der Waals surface area contributed by atoms with Crippen LogP contribution in [0.25, 0.3) is 4.85 Å². The van der Waals surface area contributed by atoms with E-state index in [0.29, 0.717) is 5.57 Å². The molecule has 6 nitrogen and oxygen atoms in total. The van der Waals surface area contributed by atoms with E-state index < -0.39 is 29.1 Å². The number of hydrogen-bond acceptors (Lipinski definition) is 4. The molecule has 0 bridgehead atoms. The van der Waals surface area contributed by atoms with Gasteiger partial charge in [-0.25, -0.2) is 11.4 Å². The molecule has 120 valence electrons. The smallest absolute Gasteiger partial charge is 0.357 e. The quantitative estimate of drug-likeness (QED) is 0.276. The highest BCUT2D eigenvalue weighted by Crippen LogP contribution is 2.47. The summed E-state index contributed by atoms with van der Waals surface area (Å²) < 4.78 is 4.74. The Morgan fingerprint density at radius 1 is 1.59 bits per heavy atom. The van der Waals surface area contributed by atoms with Crippen molar-refractivity contribution in [1.82, 2.24) is 4.90 Å². The topological polar surface area (TPSA) is 71.2 Å². The van der Waals surface area contributed by atoms with E-state index in [9.17, 15) is 14.7 Å². The molecule has 0 radical (unpaired) electrons. The van der Waals surface area contributed by atoms with Crippen LogP contribution in [-0.2, 0) is 14.3 Å². The van der Waals surface area contributed by atoms with E-state index in [1.807, 2.05) is 0 Å². The summed E-state index contributed by atoms with van der Waals surface area (Å²) in [5.41, 5.74) is -2.46. The van der Waals surface area contributed by atoms with Crippen molar-refractivity contribution in [1.29, 1.82) is 0 Å². The first-order valence-electron chi connectivity index (χ1n) is 6.91. The van der Waals surface area contributed by atoms with Crippen LogP contribution < -0.4 is 0 Å². The molecule has 6 heteroatoms. The van der Waals surface area contributed by atoms with E-state index in [4.69, 9.17) is 11.3 Å². The second-order valence-electron chi connectivity index (χ2n) is 5.99. The molecule has 0 spiro atoms. The molecule has 1 fully saturated rings. The summed E-state index contributed by atoms with van der Waals surface area (Å²) in [6, 6.07) is -0.668. The first kappa shape index (κ1) is 17.9. The third kappa shape index (κ3) is 2.32. The number of β-lactam (4-membered cyclic amide) rings is 1. The summed E-state index contributed by atoms with van der Waals surface area (Å²) in [6.07, 6.45) is 1.85. The minimum absolute atomic E-state index is 0.114. The summed E-state index contributed by atoms with van der Waals surface area (Å²) in [4.78, 5) is 29.4. The average Bonchev–Trinajstić information content (AvgIpc) is 2.42. The molecule has 1 saturated heterocycles. The summed E-state index contributed by atoms with van der Waals surface area (Å²) in [6.45, 7) is 17.3. The molecule has 1 amide bonds. The van der Waals surface area contributed by atoms with E-state index in [1.165, 1.54) is 25.9 Å². The average molecular weight is 306 g/mol. The largest absolute Gasteiger partial charge is 0.464 e. The molecular weight excluding hydrogens is 284 g/mol. The van der Waals surface area contributed by atoms with Crippen LogP contribution in [0.3, 0.4) is 0 Å². The van der Waals surface area contributed by atoms with Gasteiger partial charge in [-0.2, -0.15) is 0 Å². The predicted molar refractivity (Wildman–Crippen MR) is 81.5 cm³/mol. The van der Waals surface area contributed by atoms with Gasteiger partial charge in [0.1, 0.15) is 17.3 Å². The minimum atomic E-state index is -1.63. The number of methoxy groups -OCH3 is 1. The van der Waals surface area contributed by atoms with E-state index >= 15 is 0 Å². The van der Waals surface area contributed by atoms with Gasteiger partial charge in [0.15, 0.2) is 0 Å². The number of amides is 1. The standard InChI is InChI=1S/C16H22N2O4/c1-8-9-11-16(17-6,15(4,5)21)14(20)18(11)12(10(2)3)13(19)22-7/h8,11,21H,1,9H2,2-5,7H3/t11-,16+/m1/s1. The SMILES string of the molecule is [C-]#[N+][C@]1(C(C)(C)O)C(=O)N(C(C(=O)OC)=C(C)C)[C@@H]1CC=C. The van der Waals surface area contributed by atoms with Gasteiger partial charge >= 0.3 is 17.4 Å². The zero-order valence-corrected chi connectivity index (χ0v) is 13.6. The van der Waals surface area contributed by atoms with Gasteiger partial charge in [-0.15, -0.1) is 6.58 Å². The Morgan fingerprint density at radius 2 is 2.14 bits per heavy atom. The van der Waals surface area contributed by atoms with E-state index in [0.717, 1.165) is 0 Å². The first-order valence-corrected chi connectivity index (χ1v) is 6.91. The number of likely N-dealkylation sites (tertiary alicyclic amines) is 1. The highest BCUT2D eigenvalue weighted by Gasteiger charge is 2.75. The Hall–Kier alpha value is -2.13. The van der Waals surface area contributed by atoms with Crippen molar-refractivity contribution in [2.24, 2.45) is 0 Å². The highest BCUT2D eigenvalue weighted by molar-refractivity contribution is 6.04. The van der Waals surface area contributed by atoms with Crippen molar-refractivity contribution in [2.45, 2.75) is 51.3 Å². The number of allylic oxidation sites excluding steroid dienone is 1. The number of carbonyl (C=O) groups is 2. The molecule has 1 aliphatic heterocycles. The number of rotatable bonds is 5. The lowest BCUT2D eigenvalue weighted by Crippen LogP contribution is -2.79. The van der Waals surface area contributed by atoms with Gasteiger partial charge in [0.05, 0.1) is 7.11 Å². The van der Waals surface area contributed by atoms with E-state index in [1.54, 1.807) is 19.9 Å². The number of aliphatic hydroxyl groups is 1. The molecule has 2 atom stereocenters. The van der Waals surface area contributed by atoms with E-state index in [2.05, 4.69) is 11.4 Å². The molecule has 0 aromatic rings. The molecule has 0 aliphatic carbocycles. The normalized spacial score (nSPS) is 24.1. The van der Waals surface area contributed by atoms with Crippen molar-refractivity contribution in [2.75, 3.05) is 7.11 Å². The Morgan fingerprint density at radius 3 is 2.45 bits per heavy atom. The van der Waals surface area contributed by atoms with Gasteiger partial charge in [-0.1, -0.05) is 6.08 Å². The van der Waals surface area contributed by atoms with Crippen molar-refractivity contribution < 1.29 is 19.4 Å².